The highest BCUT2D eigenvalue weighted by molar-refractivity contribution is 8.00. The van der Waals surface area contributed by atoms with Crippen LogP contribution in [0.15, 0.2) is 23.1 Å². The minimum absolute atomic E-state index is 0.143. The summed E-state index contributed by atoms with van der Waals surface area (Å²) in [5.41, 5.74) is 6.48. The molecule has 1 aliphatic rings. The Hall–Kier alpha value is -1.40. The van der Waals surface area contributed by atoms with Gasteiger partial charge >= 0.3 is 6.03 Å². The van der Waals surface area contributed by atoms with Crippen LogP contribution in [0.2, 0.25) is 0 Å². The molecule has 2 amide bonds. The fraction of sp³-hybridized carbons (Fsp3) is 0.500. The average molecular weight is 295 g/mol. The number of fused-ring (bicyclic) bond motifs is 1. The molecule has 1 aromatic rings. The van der Waals surface area contributed by atoms with Crippen LogP contribution in [0.1, 0.15) is 27.7 Å². The summed E-state index contributed by atoms with van der Waals surface area (Å²) in [6.45, 7) is 8.58. The van der Waals surface area contributed by atoms with Crippen LogP contribution in [0, 0.1) is 0 Å². The molecule has 0 fully saturated rings. The monoisotopic (exact) mass is 295 g/mol. The molecule has 0 atom stereocenters. The van der Waals surface area contributed by atoms with Crippen LogP contribution in [0.4, 0.5) is 10.5 Å². The predicted octanol–water partition coefficient (Wildman–Crippen LogP) is 2.97. The first-order chi connectivity index (χ1) is 9.40. The van der Waals surface area contributed by atoms with Crippen molar-refractivity contribution in [1.29, 1.82) is 0 Å². The molecule has 0 spiro atoms. The van der Waals surface area contributed by atoms with E-state index in [-0.39, 0.29) is 11.6 Å². The molecule has 20 heavy (non-hydrogen) atoms. The molecular formula is C14H21N3O2S. The molecule has 1 aliphatic heterocycles. The first-order valence-electron chi connectivity index (χ1n) is 6.65. The molecular weight excluding hydrogens is 274 g/mol. The lowest BCUT2D eigenvalue weighted by atomic mass is 10.1. The molecule has 1 heterocycles. The van der Waals surface area contributed by atoms with Gasteiger partial charge in [0.1, 0.15) is 5.75 Å². The van der Waals surface area contributed by atoms with Gasteiger partial charge in [-0.2, -0.15) is 0 Å². The molecule has 0 aliphatic carbocycles. The van der Waals surface area contributed by atoms with E-state index in [0.29, 0.717) is 12.5 Å². The topological polar surface area (TPSA) is 53.6 Å². The lowest BCUT2D eigenvalue weighted by molar-refractivity contribution is 0.235. The van der Waals surface area contributed by atoms with E-state index in [1.165, 1.54) is 0 Å². The van der Waals surface area contributed by atoms with Crippen molar-refractivity contribution >= 4 is 23.5 Å². The number of ether oxygens (including phenoxy) is 1. The summed E-state index contributed by atoms with van der Waals surface area (Å²) in [4.78, 5) is 15.0. The summed E-state index contributed by atoms with van der Waals surface area (Å²) in [6.07, 6.45) is 0. The molecule has 0 saturated heterocycles. The van der Waals surface area contributed by atoms with E-state index in [4.69, 9.17) is 4.74 Å². The molecule has 2 rings (SSSR count). The number of carbonyl (C=O) groups is 1. The SMILES string of the molecule is CCOc1ccc2c(c1)SCN2C(=O)NNC(C)(C)C. The second-order valence-electron chi connectivity index (χ2n) is 5.57. The summed E-state index contributed by atoms with van der Waals surface area (Å²) >= 11 is 1.63. The van der Waals surface area contributed by atoms with E-state index in [0.717, 1.165) is 16.3 Å². The highest BCUT2D eigenvalue weighted by atomic mass is 32.2. The number of nitrogens with one attached hydrogen (secondary N) is 2. The fourth-order valence-corrected chi connectivity index (χ4v) is 2.82. The van der Waals surface area contributed by atoms with E-state index in [1.807, 2.05) is 45.9 Å². The minimum Gasteiger partial charge on any atom is -0.494 e. The molecule has 6 heteroatoms. The normalized spacial score (nSPS) is 14.1. The molecule has 0 bridgehead atoms. The number of hydrazine groups is 1. The van der Waals surface area contributed by atoms with Gasteiger partial charge in [0.25, 0.3) is 0 Å². The van der Waals surface area contributed by atoms with Gasteiger partial charge in [0.15, 0.2) is 0 Å². The van der Waals surface area contributed by atoms with Gasteiger partial charge in [-0.15, -0.1) is 11.8 Å². The average Bonchev–Trinajstić information content (AvgIpc) is 2.78. The van der Waals surface area contributed by atoms with E-state index >= 15 is 0 Å². The quantitative estimate of drug-likeness (QED) is 0.842. The van der Waals surface area contributed by atoms with Crippen LogP contribution in [-0.4, -0.2) is 24.1 Å². The Bertz CT molecular complexity index is 500. The Morgan fingerprint density at radius 1 is 1.45 bits per heavy atom. The summed E-state index contributed by atoms with van der Waals surface area (Å²) < 4.78 is 5.47. The molecule has 0 radical (unpaired) electrons. The summed E-state index contributed by atoms with van der Waals surface area (Å²) in [5, 5.41) is 0. The highest BCUT2D eigenvalue weighted by Gasteiger charge is 2.26. The first-order valence-corrected chi connectivity index (χ1v) is 7.63. The van der Waals surface area contributed by atoms with E-state index in [2.05, 4.69) is 10.9 Å². The number of anilines is 1. The number of nitrogens with zero attached hydrogens (tertiary/aromatic N) is 1. The van der Waals surface area contributed by atoms with Gasteiger partial charge in [0.2, 0.25) is 0 Å². The van der Waals surface area contributed by atoms with Crippen molar-refractivity contribution in [1.82, 2.24) is 10.9 Å². The third-order valence-electron chi connectivity index (χ3n) is 2.67. The molecule has 5 nitrogen and oxygen atoms in total. The van der Waals surface area contributed by atoms with Gasteiger partial charge in [-0.25, -0.2) is 10.2 Å². The molecule has 1 aromatic carbocycles. The van der Waals surface area contributed by atoms with Gasteiger partial charge in [0.05, 0.1) is 18.2 Å². The molecule has 110 valence electrons. The number of benzene rings is 1. The zero-order valence-corrected chi connectivity index (χ0v) is 13.1. The van der Waals surface area contributed by atoms with Crippen LogP contribution in [0.5, 0.6) is 5.75 Å². The zero-order valence-electron chi connectivity index (χ0n) is 12.3. The van der Waals surface area contributed by atoms with Gasteiger partial charge in [-0.05, 0) is 45.9 Å². The number of hydrogen-bond acceptors (Lipinski definition) is 4. The number of rotatable bonds is 3. The summed E-state index contributed by atoms with van der Waals surface area (Å²) in [7, 11) is 0. The molecule has 0 unspecified atom stereocenters. The van der Waals surface area contributed by atoms with Crippen LogP contribution in [0.25, 0.3) is 0 Å². The molecule has 0 aromatic heterocycles. The van der Waals surface area contributed by atoms with Crippen LogP contribution < -0.4 is 20.5 Å². The molecule has 2 N–H and O–H groups in total. The van der Waals surface area contributed by atoms with Crippen LogP contribution >= 0.6 is 11.8 Å². The number of amides is 2. The Balaban J connectivity index is 2.06. The van der Waals surface area contributed by atoms with Crippen LogP contribution in [0.3, 0.4) is 0 Å². The maximum atomic E-state index is 12.2. The second kappa shape index (κ2) is 5.93. The minimum atomic E-state index is -0.163. The van der Waals surface area contributed by atoms with Gasteiger partial charge < -0.3 is 4.74 Å². The van der Waals surface area contributed by atoms with Crippen molar-refractivity contribution in [3.05, 3.63) is 18.2 Å². The Labute approximate surface area is 124 Å². The van der Waals surface area contributed by atoms with Crippen molar-refractivity contribution in [2.24, 2.45) is 0 Å². The Morgan fingerprint density at radius 2 is 2.20 bits per heavy atom. The van der Waals surface area contributed by atoms with Gasteiger partial charge in [0, 0.05) is 10.4 Å². The predicted molar refractivity (Wildman–Crippen MR) is 82.2 cm³/mol. The Morgan fingerprint density at radius 3 is 2.85 bits per heavy atom. The van der Waals surface area contributed by atoms with Gasteiger partial charge in [-0.1, -0.05) is 0 Å². The third kappa shape index (κ3) is 3.58. The lowest BCUT2D eigenvalue weighted by Gasteiger charge is -2.24. The first kappa shape index (κ1) is 15.0. The van der Waals surface area contributed by atoms with E-state index in [1.54, 1.807) is 16.7 Å². The van der Waals surface area contributed by atoms with Crippen LogP contribution in [-0.2, 0) is 0 Å². The van der Waals surface area contributed by atoms with Crippen molar-refractivity contribution < 1.29 is 9.53 Å². The standard InChI is InChI=1S/C14H21N3O2S/c1-5-19-10-6-7-11-12(8-10)20-9-17(11)13(18)15-16-14(2,3)4/h6-8,16H,5,9H2,1-4H3,(H,15,18). The second-order valence-corrected chi connectivity index (χ2v) is 6.56. The third-order valence-corrected chi connectivity index (χ3v) is 3.70. The van der Waals surface area contributed by atoms with Crippen molar-refractivity contribution in [3.63, 3.8) is 0 Å². The summed E-state index contributed by atoms with van der Waals surface area (Å²) in [5.74, 6) is 1.46. The molecule has 0 saturated carbocycles. The van der Waals surface area contributed by atoms with Crippen molar-refractivity contribution in [2.75, 3.05) is 17.4 Å². The Kier molecular flexibility index (Phi) is 4.45. The van der Waals surface area contributed by atoms with E-state index in [9.17, 15) is 4.79 Å². The number of thioether (sulfide) groups is 1. The highest BCUT2D eigenvalue weighted by Crippen LogP contribution is 2.40. The number of urea groups is 1. The largest absolute Gasteiger partial charge is 0.494 e. The number of hydrogen-bond donors (Lipinski definition) is 2. The smallest absolute Gasteiger partial charge is 0.337 e. The number of carbonyl (C=O) groups excluding carboxylic acids is 1. The fourth-order valence-electron chi connectivity index (χ4n) is 1.77. The van der Waals surface area contributed by atoms with Crippen molar-refractivity contribution in [2.45, 2.75) is 38.1 Å². The van der Waals surface area contributed by atoms with Gasteiger partial charge in [-0.3, -0.25) is 10.3 Å². The lowest BCUT2D eigenvalue weighted by Crippen LogP contribution is -2.53. The summed E-state index contributed by atoms with van der Waals surface area (Å²) in [6, 6.07) is 5.66. The van der Waals surface area contributed by atoms with E-state index < -0.39 is 0 Å². The zero-order chi connectivity index (χ0) is 14.8. The van der Waals surface area contributed by atoms with Crippen molar-refractivity contribution in [3.8, 4) is 5.75 Å². The maximum absolute atomic E-state index is 12.2. The maximum Gasteiger partial charge on any atom is 0.337 e.